The molecule has 4 nitrogen and oxygen atoms in total. The zero-order valence-corrected chi connectivity index (χ0v) is 28.5. The molecule has 0 bridgehead atoms. The highest BCUT2D eigenvalue weighted by Crippen LogP contribution is 2.49. The Hall–Kier alpha value is -7.17. The van der Waals surface area contributed by atoms with Crippen LogP contribution in [0.3, 0.4) is 0 Å². The molecule has 3 heterocycles. The van der Waals surface area contributed by atoms with Crippen molar-refractivity contribution in [3.63, 3.8) is 0 Å². The molecule has 0 aliphatic heterocycles. The van der Waals surface area contributed by atoms with E-state index in [0.29, 0.717) is 5.82 Å². The lowest BCUT2D eigenvalue weighted by atomic mass is 9.95. The van der Waals surface area contributed by atoms with Crippen LogP contribution in [0.4, 0.5) is 0 Å². The number of furan rings is 1. The van der Waals surface area contributed by atoms with Gasteiger partial charge in [0.2, 0.25) is 0 Å². The molecule has 4 heteroatoms. The molecule has 0 radical (unpaired) electrons. The van der Waals surface area contributed by atoms with Crippen LogP contribution in [0.5, 0.6) is 0 Å². The highest BCUT2D eigenvalue weighted by Gasteiger charge is 2.23. The molecule has 0 fully saturated rings. The molecule has 7 aromatic carbocycles. The van der Waals surface area contributed by atoms with Crippen molar-refractivity contribution in [3.05, 3.63) is 176 Å². The predicted molar refractivity (Wildman–Crippen MR) is 216 cm³/mol. The van der Waals surface area contributed by atoms with Crippen LogP contribution in [0.15, 0.2) is 181 Å². The number of hydrogen-bond donors (Lipinski definition) is 0. The Morgan fingerprint density at radius 2 is 0.981 bits per heavy atom. The number of rotatable bonds is 5. The average Bonchev–Trinajstić information content (AvgIpc) is 3.77. The summed E-state index contributed by atoms with van der Waals surface area (Å²) in [6.45, 7) is 0. The van der Waals surface area contributed by atoms with Crippen LogP contribution >= 0.6 is 0 Å². The summed E-state index contributed by atoms with van der Waals surface area (Å²) in [6, 6.07) is 57.7. The Balaban J connectivity index is 1.04. The maximum Gasteiger partial charge on any atom is 0.160 e. The summed E-state index contributed by atoms with van der Waals surface area (Å²) < 4.78 is 6.09. The summed E-state index contributed by atoms with van der Waals surface area (Å²) in [4.78, 5) is 14.8. The summed E-state index contributed by atoms with van der Waals surface area (Å²) in [7, 11) is 0. The molecule has 1 aliphatic rings. The van der Waals surface area contributed by atoms with E-state index in [2.05, 4.69) is 151 Å². The Morgan fingerprint density at radius 3 is 1.79 bits per heavy atom. The van der Waals surface area contributed by atoms with Crippen LogP contribution < -0.4 is 0 Å². The second-order valence-electron chi connectivity index (χ2n) is 13.6. The van der Waals surface area contributed by atoms with Crippen molar-refractivity contribution < 1.29 is 4.42 Å². The van der Waals surface area contributed by atoms with E-state index in [4.69, 9.17) is 14.4 Å². The van der Waals surface area contributed by atoms with Gasteiger partial charge in [-0.1, -0.05) is 133 Å². The maximum absolute atomic E-state index is 6.09. The molecule has 1 aliphatic carbocycles. The lowest BCUT2D eigenvalue weighted by molar-refractivity contribution is 0.669. The second-order valence-corrected chi connectivity index (χ2v) is 13.6. The number of benzene rings is 7. The van der Waals surface area contributed by atoms with E-state index in [1.165, 1.54) is 33.0 Å². The maximum atomic E-state index is 6.09. The van der Waals surface area contributed by atoms with E-state index in [-0.39, 0.29) is 0 Å². The standard InChI is InChI=1S/C49H29N3O/c1-2-9-37-36(8-1)40-11-5-12-41-38(23-24-42(37)48(40)41)45-28-44(51-49(52-45)33-20-16-31(17-21-33)35-7-6-26-50-29-35)32-18-14-30(15-19-32)34-22-25-47-43(27-34)39-10-3-4-13-46(39)53-47/h1-29H. The fourth-order valence-corrected chi connectivity index (χ4v) is 7.98. The third-order valence-electron chi connectivity index (χ3n) is 10.6. The minimum absolute atomic E-state index is 0.683. The van der Waals surface area contributed by atoms with Gasteiger partial charge in [-0.25, -0.2) is 9.97 Å². The van der Waals surface area contributed by atoms with Crippen molar-refractivity contribution in [2.75, 3.05) is 0 Å². The number of fused-ring (bicyclic) bond motifs is 6. The van der Waals surface area contributed by atoms with Crippen LogP contribution in [0.1, 0.15) is 0 Å². The summed E-state index contributed by atoms with van der Waals surface area (Å²) in [6.07, 6.45) is 3.68. The summed E-state index contributed by atoms with van der Waals surface area (Å²) in [5, 5.41) is 4.72. The fourth-order valence-electron chi connectivity index (χ4n) is 7.98. The van der Waals surface area contributed by atoms with Crippen molar-refractivity contribution in [1.82, 2.24) is 15.0 Å². The van der Waals surface area contributed by atoms with Gasteiger partial charge in [0.25, 0.3) is 0 Å². The van der Waals surface area contributed by atoms with E-state index in [0.717, 1.165) is 72.3 Å². The highest BCUT2D eigenvalue weighted by atomic mass is 16.3. The third kappa shape index (κ3) is 4.80. The van der Waals surface area contributed by atoms with Gasteiger partial charge in [0.05, 0.1) is 11.4 Å². The molecule has 0 spiro atoms. The summed E-state index contributed by atoms with van der Waals surface area (Å²) in [5.41, 5.74) is 16.2. The first kappa shape index (κ1) is 29.5. The molecule has 11 rings (SSSR count). The number of para-hydroxylation sites is 1. The van der Waals surface area contributed by atoms with E-state index in [1.807, 2.05) is 24.4 Å². The number of pyridine rings is 1. The Kier molecular flexibility index (Phi) is 6.52. The predicted octanol–water partition coefficient (Wildman–Crippen LogP) is 12.9. The molecule has 0 saturated heterocycles. The third-order valence-corrected chi connectivity index (χ3v) is 10.6. The van der Waals surface area contributed by atoms with Gasteiger partial charge in [-0.15, -0.1) is 0 Å². The zero-order chi connectivity index (χ0) is 34.9. The van der Waals surface area contributed by atoms with Gasteiger partial charge in [0.15, 0.2) is 5.82 Å². The molecule has 53 heavy (non-hydrogen) atoms. The second kappa shape index (κ2) is 11.7. The molecule has 246 valence electrons. The first-order valence-corrected chi connectivity index (χ1v) is 17.8. The average molecular weight is 676 g/mol. The largest absolute Gasteiger partial charge is 0.456 e. The summed E-state index contributed by atoms with van der Waals surface area (Å²) >= 11 is 0. The van der Waals surface area contributed by atoms with Crippen LogP contribution in [-0.2, 0) is 0 Å². The molecular formula is C49H29N3O. The van der Waals surface area contributed by atoms with Gasteiger partial charge in [-0.3, -0.25) is 4.98 Å². The van der Waals surface area contributed by atoms with Crippen molar-refractivity contribution in [3.8, 4) is 78.4 Å². The monoisotopic (exact) mass is 675 g/mol. The van der Waals surface area contributed by atoms with E-state index in [9.17, 15) is 0 Å². The highest BCUT2D eigenvalue weighted by molar-refractivity contribution is 6.18. The van der Waals surface area contributed by atoms with Crippen molar-refractivity contribution >= 4 is 32.7 Å². The first-order valence-electron chi connectivity index (χ1n) is 17.8. The fraction of sp³-hybridized carbons (Fsp3) is 0. The smallest absolute Gasteiger partial charge is 0.160 e. The van der Waals surface area contributed by atoms with E-state index < -0.39 is 0 Å². The van der Waals surface area contributed by atoms with Crippen molar-refractivity contribution in [2.24, 2.45) is 0 Å². The number of hydrogen-bond acceptors (Lipinski definition) is 4. The van der Waals surface area contributed by atoms with Gasteiger partial charge in [-0.05, 0) is 85.6 Å². The molecular weight excluding hydrogens is 647 g/mol. The van der Waals surface area contributed by atoms with Crippen molar-refractivity contribution in [1.29, 1.82) is 0 Å². The first-order chi connectivity index (χ1) is 26.2. The van der Waals surface area contributed by atoms with Gasteiger partial charge >= 0.3 is 0 Å². The lowest BCUT2D eigenvalue weighted by Gasteiger charge is -2.13. The molecule has 0 amide bonds. The molecule has 3 aromatic heterocycles. The SMILES string of the molecule is c1cncc(-c2ccc(-c3nc(-c4ccc(-c5ccc6oc7ccccc7c6c5)cc4)cc(-c4ccc5c6c(cccc46)-c4ccccc4-5)n3)cc2)c1. The lowest BCUT2D eigenvalue weighted by Crippen LogP contribution is -1.97. The number of nitrogens with zero attached hydrogens (tertiary/aromatic N) is 3. The van der Waals surface area contributed by atoms with Gasteiger partial charge in [0.1, 0.15) is 11.2 Å². The Bertz CT molecular complexity index is 3010. The molecule has 0 atom stereocenters. The zero-order valence-electron chi connectivity index (χ0n) is 28.5. The van der Waals surface area contributed by atoms with Crippen LogP contribution in [0, 0.1) is 0 Å². The topological polar surface area (TPSA) is 51.8 Å². The molecule has 0 unspecified atom stereocenters. The van der Waals surface area contributed by atoms with Crippen LogP contribution in [0.25, 0.3) is 111 Å². The van der Waals surface area contributed by atoms with Gasteiger partial charge in [-0.2, -0.15) is 0 Å². The van der Waals surface area contributed by atoms with E-state index in [1.54, 1.807) is 6.20 Å². The minimum Gasteiger partial charge on any atom is -0.456 e. The minimum atomic E-state index is 0.683. The molecule has 10 aromatic rings. The Labute approximate surface area is 305 Å². The van der Waals surface area contributed by atoms with Crippen LogP contribution in [0.2, 0.25) is 0 Å². The van der Waals surface area contributed by atoms with Gasteiger partial charge < -0.3 is 4.42 Å². The quantitative estimate of drug-likeness (QED) is 0.182. The molecule has 0 saturated carbocycles. The normalized spacial score (nSPS) is 11.8. The summed E-state index contributed by atoms with van der Waals surface area (Å²) in [5.74, 6) is 0.683. The number of aromatic nitrogens is 3. The van der Waals surface area contributed by atoms with Crippen LogP contribution in [-0.4, -0.2) is 15.0 Å². The van der Waals surface area contributed by atoms with Crippen molar-refractivity contribution in [2.45, 2.75) is 0 Å². The van der Waals surface area contributed by atoms with E-state index >= 15 is 0 Å². The molecule has 0 N–H and O–H groups in total. The van der Waals surface area contributed by atoms with Gasteiger partial charge in [0, 0.05) is 39.9 Å². The Morgan fingerprint density at radius 1 is 0.358 bits per heavy atom.